The fourth-order valence-electron chi connectivity index (χ4n) is 2.77. The summed E-state index contributed by atoms with van der Waals surface area (Å²) in [7, 11) is 2.10. The van der Waals surface area contributed by atoms with E-state index in [9.17, 15) is 4.79 Å². The van der Waals surface area contributed by atoms with Gasteiger partial charge in [-0.05, 0) is 25.1 Å². The summed E-state index contributed by atoms with van der Waals surface area (Å²) < 4.78 is 5.71. The van der Waals surface area contributed by atoms with Crippen LogP contribution in [-0.4, -0.2) is 55.5 Å². The Morgan fingerprint density at radius 2 is 1.95 bits per heavy atom. The lowest BCUT2D eigenvalue weighted by Gasteiger charge is -2.35. The van der Waals surface area contributed by atoms with Crippen molar-refractivity contribution in [3.05, 3.63) is 29.8 Å². The first kappa shape index (κ1) is 12.5. The van der Waals surface area contributed by atoms with E-state index >= 15 is 0 Å². The molecule has 0 N–H and O–H groups in total. The Hall–Kier alpha value is -1.55. The van der Waals surface area contributed by atoms with Gasteiger partial charge in [0, 0.05) is 26.2 Å². The van der Waals surface area contributed by atoms with Gasteiger partial charge < -0.3 is 14.5 Å². The van der Waals surface area contributed by atoms with Crippen molar-refractivity contribution < 1.29 is 9.53 Å². The Balaban J connectivity index is 1.66. The highest BCUT2D eigenvalue weighted by Crippen LogP contribution is 2.27. The summed E-state index contributed by atoms with van der Waals surface area (Å²) in [6.45, 7) is 4.13. The van der Waals surface area contributed by atoms with E-state index in [1.807, 2.05) is 23.1 Å². The van der Waals surface area contributed by atoms with Crippen molar-refractivity contribution in [2.45, 2.75) is 6.42 Å². The molecule has 0 spiro atoms. The standard InChI is InChI=1S/C15H20N2O2/c1-16-6-8-17(9-7-16)15(18)13-10-12-4-2-3-5-14(12)19-11-13/h2-5,13H,6-11H2,1H3. The Morgan fingerprint density at radius 1 is 1.21 bits per heavy atom. The molecule has 1 aromatic rings. The molecule has 2 aliphatic heterocycles. The molecule has 4 nitrogen and oxygen atoms in total. The summed E-state index contributed by atoms with van der Waals surface area (Å²) in [4.78, 5) is 16.7. The van der Waals surface area contributed by atoms with Crippen LogP contribution in [0.3, 0.4) is 0 Å². The minimum absolute atomic E-state index is 0.0155. The SMILES string of the molecule is CN1CCN(C(=O)C2COc3ccccc3C2)CC1. The van der Waals surface area contributed by atoms with E-state index in [2.05, 4.69) is 18.0 Å². The van der Waals surface area contributed by atoms with Crippen LogP contribution in [0, 0.1) is 5.92 Å². The number of rotatable bonds is 1. The molecule has 0 aliphatic carbocycles. The van der Waals surface area contributed by atoms with Crippen molar-refractivity contribution in [1.29, 1.82) is 0 Å². The fraction of sp³-hybridized carbons (Fsp3) is 0.533. The van der Waals surface area contributed by atoms with Crippen LogP contribution in [-0.2, 0) is 11.2 Å². The number of ether oxygens (including phenoxy) is 1. The number of benzene rings is 1. The zero-order valence-corrected chi connectivity index (χ0v) is 11.3. The molecular formula is C15H20N2O2. The molecule has 1 fully saturated rings. The molecule has 1 aromatic carbocycles. The van der Waals surface area contributed by atoms with E-state index in [1.165, 1.54) is 0 Å². The number of hydrogen-bond acceptors (Lipinski definition) is 3. The van der Waals surface area contributed by atoms with Gasteiger partial charge in [-0.1, -0.05) is 18.2 Å². The molecule has 2 heterocycles. The highest BCUT2D eigenvalue weighted by Gasteiger charge is 2.30. The first-order valence-electron chi connectivity index (χ1n) is 6.92. The topological polar surface area (TPSA) is 32.8 Å². The van der Waals surface area contributed by atoms with Crippen LogP contribution in [0.15, 0.2) is 24.3 Å². The molecule has 19 heavy (non-hydrogen) atoms. The van der Waals surface area contributed by atoms with E-state index < -0.39 is 0 Å². The Bertz CT molecular complexity index is 467. The quantitative estimate of drug-likeness (QED) is 0.755. The molecule has 4 heteroatoms. The zero-order valence-electron chi connectivity index (χ0n) is 11.3. The summed E-state index contributed by atoms with van der Waals surface area (Å²) in [5.41, 5.74) is 1.15. The van der Waals surface area contributed by atoms with Gasteiger partial charge in [-0.2, -0.15) is 0 Å². The Kier molecular flexibility index (Phi) is 3.42. The summed E-state index contributed by atoms with van der Waals surface area (Å²) in [5, 5.41) is 0. The normalized spacial score (nSPS) is 23.6. The maximum Gasteiger partial charge on any atom is 0.229 e. The monoisotopic (exact) mass is 260 g/mol. The van der Waals surface area contributed by atoms with Gasteiger partial charge in [-0.15, -0.1) is 0 Å². The van der Waals surface area contributed by atoms with Crippen LogP contribution in [0.1, 0.15) is 5.56 Å². The molecule has 2 aliphatic rings. The summed E-state index contributed by atoms with van der Waals surface area (Å²) >= 11 is 0. The van der Waals surface area contributed by atoms with E-state index in [4.69, 9.17) is 4.74 Å². The number of hydrogen-bond donors (Lipinski definition) is 0. The maximum atomic E-state index is 12.5. The van der Waals surface area contributed by atoms with Crippen LogP contribution in [0.25, 0.3) is 0 Å². The van der Waals surface area contributed by atoms with Gasteiger partial charge in [-0.3, -0.25) is 4.79 Å². The van der Waals surface area contributed by atoms with Gasteiger partial charge >= 0.3 is 0 Å². The second-order valence-corrected chi connectivity index (χ2v) is 5.45. The van der Waals surface area contributed by atoms with Crippen LogP contribution in [0.2, 0.25) is 0 Å². The second-order valence-electron chi connectivity index (χ2n) is 5.45. The number of para-hydroxylation sites is 1. The Labute approximate surface area is 113 Å². The fourth-order valence-corrected chi connectivity index (χ4v) is 2.77. The first-order valence-corrected chi connectivity index (χ1v) is 6.92. The maximum absolute atomic E-state index is 12.5. The van der Waals surface area contributed by atoms with Gasteiger partial charge in [0.15, 0.2) is 0 Å². The number of carbonyl (C=O) groups excluding carboxylic acids is 1. The van der Waals surface area contributed by atoms with E-state index in [0.29, 0.717) is 6.61 Å². The molecule has 0 saturated carbocycles. The molecule has 0 aromatic heterocycles. The summed E-state index contributed by atoms with van der Waals surface area (Å²) in [5.74, 6) is 1.17. The number of fused-ring (bicyclic) bond motifs is 1. The predicted octanol–water partition coefficient (Wildman–Crippen LogP) is 1.01. The molecule has 0 radical (unpaired) electrons. The molecule has 1 unspecified atom stereocenters. The lowest BCUT2D eigenvalue weighted by atomic mass is 9.95. The zero-order chi connectivity index (χ0) is 13.2. The number of nitrogens with zero attached hydrogens (tertiary/aromatic N) is 2. The lowest BCUT2D eigenvalue weighted by Crippen LogP contribution is -2.50. The second kappa shape index (κ2) is 5.21. The molecular weight excluding hydrogens is 240 g/mol. The summed E-state index contributed by atoms with van der Waals surface area (Å²) in [6.07, 6.45) is 0.807. The van der Waals surface area contributed by atoms with Crippen LogP contribution in [0.5, 0.6) is 5.75 Å². The lowest BCUT2D eigenvalue weighted by molar-refractivity contribution is -0.138. The van der Waals surface area contributed by atoms with Crippen molar-refractivity contribution in [3.8, 4) is 5.75 Å². The van der Waals surface area contributed by atoms with E-state index in [1.54, 1.807) is 0 Å². The molecule has 1 atom stereocenters. The van der Waals surface area contributed by atoms with Gasteiger partial charge in [-0.25, -0.2) is 0 Å². The highest BCUT2D eigenvalue weighted by atomic mass is 16.5. The van der Waals surface area contributed by atoms with Gasteiger partial charge in [0.25, 0.3) is 0 Å². The van der Waals surface area contributed by atoms with Crippen molar-refractivity contribution in [2.24, 2.45) is 5.92 Å². The molecule has 1 amide bonds. The number of likely N-dealkylation sites (N-methyl/N-ethyl adjacent to an activating group) is 1. The van der Waals surface area contributed by atoms with E-state index in [-0.39, 0.29) is 11.8 Å². The summed E-state index contributed by atoms with van der Waals surface area (Å²) in [6, 6.07) is 8.01. The smallest absolute Gasteiger partial charge is 0.229 e. The van der Waals surface area contributed by atoms with Crippen molar-refractivity contribution >= 4 is 5.91 Å². The van der Waals surface area contributed by atoms with Gasteiger partial charge in [0.1, 0.15) is 12.4 Å². The van der Waals surface area contributed by atoms with Crippen molar-refractivity contribution in [2.75, 3.05) is 39.8 Å². The third-order valence-electron chi connectivity index (χ3n) is 4.04. The predicted molar refractivity (Wildman–Crippen MR) is 73.2 cm³/mol. The van der Waals surface area contributed by atoms with Crippen LogP contribution < -0.4 is 4.74 Å². The number of piperazine rings is 1. The van der Waals surface area contributed by atoms with E-state index in [0.717, 1.165) is 43.9 Å². The van der Waals surface area contributed by atoms with Gasteiger partial charge in [0.2, 0.25) is 5.91 Å². The largest absolute Gasteiger partial charge is 0.492 e. The first-order chi connectivity index (χ1) is 9.24. The molecule has 102 valence electrons. The highest BCUT2D eigenvalue weighted by molar-refractivity contribution is 5.80. The number of amides is 1. The van der Waals surface area contributed by atoms with Crippen LogP contribution in [0.4, 0.5) is 0 Å². The third kappa shape index (κ3) is 2.59. The average molecular weight is 260 g/mol. The van der Waals surface area contributed by atoms with Crippen molar-refractivity contribution in [1.82, 2.24) is 9.80 Å². The molecule has 1 saturated heterocycles. The average Bonchev–Trinajstić information content (AvgIpc) is 2.47. The minimum atomic E-state index is -0.0155. The van der Waals surface area contributed by atoms with Crippen molar-refractivity contribution in [3.63, 3.8) is 0 Å². The minimum Gasteiger partial charge on any atom is -0.492 e. The molecule has 3 rings (SSSR count). The molecule has 0 bridgehead atoms. The number of carbonyl (C=O) groups is 1. The van der Waals surface area contributed by atoms with Gasteiger partial charge in [0.05, 0.1) is 5.92 Å². The Morgan fingerprint density at radius 3 is 2.74 bits per heavy atom. The van der Waals surface area contributed by atoms with Crippen LogP contribution >= 0.6 is 0 Å². The third-order valence-corrected chi connectivity index (χ3v) is 4.04.